The fraction of sp³-hybridized carbons (Fsp3) is 0.786. The second kappa shape index (κ2) is 22.6. The molecule has 5 unspecified atom stereocenters. The fourth-order valence-corrected chi connectivity index (χ4v) is 10.4. The van der Waals surface area contributed by atoms with Gasteiger partial charge in [0.05, 0.1) is 57.8 Å². The number of rotatable bonds is 23. The van der Waals surface area contributed by atoms with Gasteiger partial charge in [0, 0.05) is 6.54 Å². The third-order valence-corrected chi connectivity index (χ3v) is 13.3. The molecule has 0 spiro atoms. The van der Waals surface area contributed by atoms with Gasteiger partial charge in [0.25, 0.3) is 0 Å². The second-order valence-electron chi connectivity index (χ2n) is 17.0. The van der Waals surface area contributed by atoms with E-state index in [1.54, 1.807) is 0 Å². The lowest BCUT2D eigenvalue weighted by Gasteiger charge is -2.59. The maximum Gasteiger partial charge on any atom is 0.185 e. The van der Waals surface area contributed by atoms with Crippen molar-refractivity contribution in [1.29, 1.82) is 0 Å². The first-order chi connectivity index (χ1) is 26.4. The minimum absolute atomic E-state index is 0.0987. The van der Waals surface area contributed by atoms with Crippen LogP contribution < -0.4 is 34.4 Å². The van der Waals surface area contributed by atoms with Gasteiger partial charge in [-0.2, -0.15) is 0 Å². The number of aliphatic imine (C=N–C) groups is 3. The molecule has 0 heterocycles. The van der Waals surface area contributed by atoms with Crippen LogP contribution in [-0.2, 0) is 20.8 Å². The molecule has 3 saturated carbocycles. The highest BCUT2D eigenvalue weighted by Crippen LogP contribution is 2.61. The Balaban J connectivity index is 1.51. The first-order valence-electron chi connectivity index (χ1n) is 21.1. The van der Waals surface area contributed by atoms with Crippen LogP contribution in [0.15, 0.2) is 45.3 Å². The van der Waals surface area contributed by atoms with Crippen LogP contribution >= 0.6 is 0 Å². The molecular weight excluding hydrogens is 693 g/mol. The van der Waals surface area contributed by atoms with Crippen molar-refractivity contribution in [3.05, 3.63) is 35.9 Å². The number of nitrogens with two attached hydrogens (primary N) is 6. The Morgan fingerprint density at radius 1 is 0.855 bits per heavy atom. The van der Waals surface area contributed by atoms with Crippen molar-refractivity contribution in [1.82, 2.24) is 4.90 Å². The number of hydrogen-bond donors (Lipinski definition) is 6. The number of ether oxygens (including phenoxy) is 3. The van der Waals surface area contributed by atoms with E-state index in [9.17, 15) is 0 Å². The number of fused-ring (bicyclic) bond motifs is 1. The largest absolute Gasteiger partial charge is 0.376 e. The molecular formula is C42H76N10O3. The van der Waals surface area contributed by atoms with Crippen LogP contribution in [0.4, 0.5) is 0 Å². The molecule has 0 aromatic heterocycles. The third kappa shape index (κ3) is 14.1. The van der Waals surface area contributed by atoms with Gasteiger partial charge in [-0.25, -0.2) is 0 Å². The summed E-state index contributed by atoms with van der Waals surface area (Å²) in [4.78, 5) is 15.1. The zero-order valence-corrected chi connectivity index (χ0v) is 34.5. The van der Waals surface area contributed by atoms with Crippen LogP contribution in [0.2, 0.25) is 0 Å². The molecule has 0 bridgehead atoms. The quantitative estimate of drug-likeness (QED) is 0.0530. The smallest absolute Gasteiger partial charge is 0.185 e. The maximum atomic E-state index is 6.92. The Bertz CT molecular complexity index is 1340. The maximum absolute atomic E-state index is 6.92. The fourth-order valence-electron chi connectivity index (χ4n) is 10.4. The van der Waals surface area contributed by atoms with Gasteiger partial charge in [0.2, 0.25) is 0 Å². The van der Waals surface area contributed by atoms with Crippen molar-refractivity contribution in [2.45, 2.75) is 116 Å². The molecule has 0 saturated heterocycles. The number of benzene rings is 1. The van der Waals surface area contributed by atoms with Crippen molar-refractivity contribution < 1.29 is 14.2 Å². The van der Waals surface area contributed by atoms with Gasteiger partial charge in [0.1, 0.15) is 0 Å². The molecule has 3 aliphatic carbocycles. The number of nitrogens with zero attached hydrogens (tertiary/aromatic N) is 4. The van der Waals surface area contributed by atoms with Gasteiger partial charge in [-0.3, -0.25) is 15.0 Å². The summed E-state index contributed by atoms with van der Waals surface area (Å²) in [5.74, 6) is 3.61. The summed E-state index contributed by atoms with van der Waals surface area (Å²) in [5.41, 5.74) is 35.3. The van der Waals surface area contributed by atoms with Crippen molar-refractivity contribution >= 4 is 17.9 Å². The Morgan fingerprint density at radius 3 is 2.16 bits per heavy atom. The van der Waals surface area contributed by atoms with E-state index in [0.29, 0.717) is 69.0 Å². The Hall–Kier alpha value is -3.13. The van der Waals surface area contributed by atoms with Gasteiger partial charge in [-0.1, -0.05) is 51.1 Å². The van der Waals surface area contributed by atoms with Crippen molar-refractivity contribution in [3.63, 3.8) is 0 Å². The molecule has 10 atom stereocenters. The molecule has 3 aliphatic rings. The molecule has 55 heavy (non-hydrogen) atoms. The standard InChI is InChI=1S/C42H76N10O3/c1-5-34(53-21-17-49-39(43)44)27-36-38(32-14-13-31(24-32)29(2)10-9-20-52(4)28-30-11-7-6-8-12-30)37(55-23-19-51-41(47)48)26-33-25-35(15-16-42(33,36)3)54-22-18-50-40(45)46/h6-8,11-12,29,31-38H,5,9-10,13-28H2,1-4H3,(H4,43,44,49)(H4,45,46,50)(H4,47,48,51)/t29-,31?,32-,33?,34-,35?,36+,37-,38?,42?/m1/s1. The van der Waals surface area contributed by atoms with E-state index < -0.39 is 0 Å². The summed E-state index contributed by atoms with van der Waals surface area (Å²) in [6.45, 7) is 12.3. The van der Waals surface area contributed by atoms with Crippen molar-refractivity contribution in [2.75, 3.05) is 53.0 Å². The van der Waals surface area contributed by atoms with E-state index in [1.807, 2.05) is 0 Å². The monoisotopic (exact) mass is 769 g/mol. The van der Waals surface area contributed by atoms with E-state index in [2.05, 4.69) is 78.0 Å². The summed E-state index contributed by atoms with van der Waals surface area (Å²) in [7, 11) is 2.24. The van der Waals surface area contributed by atoms with Crippen LogP contribution in [0.3, 0.4) is 0 Å². The molecule has 1 aromatic rings. The first kappa shape index (κ1) is 44.6. The van der Waals surface area contributed by atoms with Crippen LogP contribution in [0.5, 0.6) is 0 Å². The van der Waals surface area contributed by atoms with Gasteiger partial charge in [-0.05, 0) is 131 Å². The van der Waals surface area contributed by atoms with Crippen molar-refractivity contribution in [2.24, 2.45) is 90.3 Å². The summed E-state index contributed by atoms with van der Waals surface area (Å²) in [5, 5.41) is 0. The summed E-state index contributed by atoms with van der Waals surface area (Å²) in [6, 6.07) is 10.8. The zero-order valence-electron chi connectivity index (χ0n) is 34.5. The molecule has 13 nitrogen and oxygen atoms in total. The first-order valence-corrected chi connectivity index (χ1v) is 21.1. The van der Waals surface area contributed by atoms with Crippen LogP contribution in [0.1, 0.15) is 97.0 Å². The van der Waals surface area contributed by atoms with Crippen LogP contribution in [-0.4, -0.2) is 94.1 Å². The molecule has 1 aromatic carbocycles. The Morgan fingerprint density at radius 2 is 1.51 bits per heavy atom. The SMILES string of the molecule is CC[C@H](C[C@H]1C([C@@H]2CCC([C@H](C)CCCN(C)Cc3ccccc3)C2)[C@H](OCCN=C(N)N)CC2CC(OCCN=C(N)N)CCC21C)OCCN=C(N)N. The minimum atomic E-state index is 0.0987. The third-order valence-electron chi connectivity index (χ3n) is 13.3. The number of guanidine groups is 3. The summed E-state index contributed by atoms with van der Waals surface area (Å²) in [6.07, 6.45) is 12.7. The molecule has 0 radical (unpaired) electrons. The lowest BCUT2D eigenvalue weighted by molar-refractivity contribution is -0.168. The van der Waals surface area contributed by atoms with Crippen LogP contribution in [0, 0.1) is 40.9 Å². The van der Waals surface area contributed by atoms with E-state index in [0.717, 1.165) is 57.5 Å². The second-order valence-corrected chi connectivity index (χ2v) is 17.0. The average Bonchev–Trinajstić information content (AvgIpc) is 3.63. The highest BCUT2D eigenvalue weighted by Gasteiger charge is 2.57. The van der Waals surface area contributed by atoms with Gasteiger partial charge < -0.3 is 53.5 Å². The minimum Gasteiger partial charge on any atom is -0.376 e. The van der Waals surface area contributed by atoms with Gasteiger partial charge >= 0.3 is 0 Å². The zero-order chi connectivity index (χ0) is 39.8. The van der Waals surface area contributed by atoms with Gasteiger partial charge in [-0.15, -0.1) is 0 Å². The predicted octanol–water partition coefficient (Wildman–Crippen LogP) is 4.17. The summed E-state index contributed by atoms with van der Waals surface area (Å²) < 4.78 is 19.9. The van der Waals surface area contributed by atoms with E-state index in [-0.39, 0.29) is 41.6 Å². The molecule has 12 N–H and O–H groups in total. The topological polar surface area (TPSA) is 224 Å². The average molecular weight is 769 g/mol. The normalized spacial score (nSPS) is 28.9. The van der Waals surface area contributed by atoms with E-state index >= 15 is 0 Å². The molecule has 0 aliphatic heterocycles. The molecule has 312 valence electrons. The van der Waals surface area contributed by atoms with E-state index in [4.69, 9.17) is 48.6 Å². The highest BCUT2D eigenvalue weighted by molar-refractivity contribution is 5.76. The lowest BCUT2D eigenvalue weighted by atomic mass is 9.48. The molecule has 3 fully saturated rings. The molecule has 0 amide bonds. The van der Waals surface area contributed by atoms with Crippen LogP contribution in [0.25, 0.3) is 0 Å². The van der Waals surface area contributed by atoms with Gasteiger partial charge in [0.15, 0.2) is 17.9 Å². The highest BCUT2D eigenvalue weighted by atomic mass is 16.5. The Labute approximate surface area is 331 Å². The van der Waals surface area contributed by atoms with E-state index in [1.165, 1.54) is 37.7 Å². The Kier molecular flexibility index (Phi) is 18.3. The van der Waals surface area contributed by atoms with Crippen molar-refractivity contribution in [3.8, 4) is 0 Å². The molecule has 4 rings (SSSR count). The number of hydrogen-bond acceptors (Lipinski definition) is 7. The molecule has 13 heteroatoms. The predicted molar refractivity (Wildman–Crippen MR) is 225 cm³/mol. The lowest BCUT2D eigenvalue weighted by Crippen LogP contribution is -2.56. The summed E-state index contributed by atoms with van der Waals surface area (Å²) >= 11 is 0.